The van der Waals surface area contributed by atoms with Crippen LogP contribution in [0.1, 0.15) is 10.4 Å². The first kappa shape index (κ1) is 14.0. The lowest BCUT2D eigenvalue weighted by Gasteiger charge is -2.09. The molecular weight excluding hydrogens is 335 g/mol. The number of carbonyl (C=O) groups is 1. The molecule has 2 nitrogen and oxygen atoms in total. The van der Waals surface area contributed by atoms with Gasteiger partial charge in [0.1, 0.15) is 5.75 Å². The molecule has 0 spiro atoms. The molecule has 2 aromatic carbocycles. The highest BCUT2D eigenvalue weighted by molar-refractivity contribution is 9.10. The van der Waals surface area contributed by atoms with Gasteiger partial charge in [-0.15, -0.1) is 0 Å². The second-order valence-corrected chi connectivity index (χ2v) is 5.03. The molecule has 0 unspecified atom stereocenters. The SMILES string of the molecule is COc1ccc(-c2ccc(Br)c(Cl)c2F)cc1C=O. The van der Waals surface area contributed by atoms with Crippen molar-refractivity contribution in [2.75, 3.05) is 7.11 Å². The highest BCUT2D eigenvalue weighted by Crippen LogP contribution is 2.34. The highest BCUT2D eigenvalue weighted by atomic mass is 79.9. The van der Waals surface area contributed by atoms with Crippen LogP contribution in [0.15, 0.2) is 34.8 Å². The van der Waals surface area contributed by atoms with E-state index in [0.717, 1.165) is 0 Å². The van der Waals surface area contributed by atoms with Crippen molar-refractivity contribution in [2.45, 2.75) is 0 Å². The number of ether oxygens (including phenoxy) is 1. The Morgan fingerprint density at radius 2 is 2.05 bits per heavy atom. The molecule has 0 fully saturated rings. The molecule has 0 atom stereocenters. The average molecular weight is 344 g/mol. The summed E-state index contributed by atoms with van der Waals surface area (Å²) in [5.41, 5.74) is 1.26. The number of halogens is 3. The van der Waals surface area contributed by atoms with Gasteiger partial charge in [0.25, 0.3) is 0 Å². The molecular formula is C14H9BrClFO2. The lowest BCUT2D eigenvalue weighted by atomic mass is 10.0. The predicted octanol–water partition coefficient (Wildman–Crippen LogP) is 4.73. The molecule has 98 valence electrons. The van der Waals surface area contributed by atoms with Crippen LogP contribution in [0.4, 0.5) is 4.39 Å². The van der Waals surface area contributed by atoms with Gasteiger partial charge in [0.15, 0.2) is 12.1 Å². The number of methoxy groups -OCH3 is 1. The second kappa shape index (κ2) is 5.72. The van der Waals surface area contributed by atoms with E-state index in [1.165, 1.54) is 7.11 Å². The van der Waals surface area contributed by atoms with Crippen LogP contribution >= 0.6 is 27.5 Å². The van der Waals surface area contributed by atoms with E-state index in [1.807, 2.05) is 0 Å². The van der Waals surface area contributed by atoms with Crippen molar-refractivity contribution >= 4 is 33.8 Å². The van der Waals surface area contributed by atoms with Gasteiger partial charge in [-0.05, 0) is 39.7 Å². The molecule has 2 rings (SSSR count). The summed E-state index contributed by atoms with van der Waals surface area (Å²) < 4.78 is 19.6. The van der Waals surface area contributed by atoms with Crippen molar-refractivity contribution in [1.29, 1.82) is 0 Å². The van der Waals surface area contributed by atoms with Crippen LogP contribution in [-0.2, 0) is 0 Å². The molecule has 2 aromatic rings. The molecule has 0 aliphatic rings. The van der Waals surface area contributed by atoms with E-state index in [4.69, 9.17) is 16.3 Å². The molecule has 0 heterocycles. The van der Waals surface area contributed by atoms with Gasteiger partial charge in [0.2, 0.25) is 0 Å². The summed E-state index contributed by atoms with van der Waals surface area (Å²) in [5.74, 6) is -0.0829. The summed E-state index contributed by atoms with van der Waals surface area (Å²) in [6.07, 6.45) is 0.667. The maximum atomic E-state index is 14.1. The van der Waals surface area contributed by atoms with Gasteiger partial charge in [-0.1, -0.05) is 23.7 Å². The second-order valence-electron chi connectivity index (χ2n) is 3.80. The number of aldehydes is 1. The van der Waals surface area contributed by atoms with Crippen molar-refractivity contribution in [3.8, 4) is 16.9 Å². The lowest BCUT2D eigenvalue weighted by Crippen LogP contribution is -1.93. The molecule has 0 saturated carbocycles. The molecule has 19 heavy (non-hydrogen) atoms. The summed E-state index contributed by atoms with van der Waals surface area (Å²) in [5, 5.41) is 0.0148. The van der Waals surface area contributed by atoms with Gasteiger partial charge in [-0.3, -0.25) is 4.79 Å². The Bertz CT molecular complexity index is 644. The van der Waals surface area contributed by atoms with Gasteiger partial charge in [0.05, 0.1) is 17.7 Å². The van der Waals surface area contributed by atoms with Gasteiger partial charge < -0.3 is 4.74 Å². The van der Waals surface area contributed by atoms with Crippen LogP contribution in [0.25, 0.3) is 11.1 Å². The Morgan fingerprint density at radius 3 is 2.68 bits per heavy atom. The Kier molecular flexibility index (Phi) is 4.22. The van der Waals surface area contributed by atoms with Crippen molar-refractivity contribution in [1.82, 2.24) is 0 Å². The van der Waals surface area contributed by atoms with E-state index in [1.54, 1.807) is 30.3 Å². The maximum Gasteiger partial charge on any atom is 0.153 e. The molecule has 0 radical (unpaired) electrons. The number of rotatable bonds is 3. The largest absolute Gasteiger partial charge is 0.496 e. The molecule has 0 amide bonds. The van der Waals surface area contributed by atoms with Crippen molar-refractivity contribution in [3.05, 3.63) is 51.2 Å². The average Bonchev–Trinajstić information content (AvgIpc) is 2.44. The maximum absolute atomic E-state index is 14.1. The van der Waals surface area contributed by atoms with Gasteiger partial charge >= 0.3 is 0 Å². The van der Waals surface area contributed by atoms with Gasteiger partial charge in [-0.2, -0.15) is 0 Å². The zero-order valence-corrected chi connectivity index (χ0v) is 12.3. The smallest absolute Gasteiger partial charge is 0.153 e. The van der Waals surface area contributed by atoms with Crippen LogP contribution in [0.5, 0.6) is 5.75 Å². The van der Waals surface area contributed by atoms with Crippen LogP contribution < -0.4 is 4.74 Å². The molecule has 0 N–H and O–H groups in total. The fraction of sp³-hybridized carbons (Fsp3) is 0.0714. The minimum Gasteiger partial charge on any atom is -0.496 e. The summed E-state index contributed by atoms with van der Waals surface area (Å²) in [6, 6.07) is 8.12. The van der Waals surface area contributed by atoms with E-state index < -0.39 is 5.82 Å². The summed E-state index contributed by atoms with van der Waals surface area (Å²) in [7, 11) is 1.47. The molecule has 0 aliphatic carbocycles. The van der Waals surface area contributed by atoms with E-state index >= 15 is 0 Å². The standard InChI is InChI=1S/C14H9BrClFO2/c1-19-12-5-2-8(6-9(12)7-18)10-3-4-11(15)13(16)14(10)17/h2-7H,1H3. The first-order chi connectivity index (χ1) is 9.08. The van der Waals surface area contributed by atoms with Crippen molar-refractivity contribution < 1.29 is 13.9 Å². The summed E-state index contributed by atoms with van der Waals surface area (Å²) >= 11 is 9.00. The predicted molar refractivity (Wildman–Crippen MR) is 76.5 cm³/mol. The van der Waals surface area contributed by atoms with Crippen LogP contribution in [0.2, 0.25) is 5.02 Å². The van der Waals surface area contributed by atoms with Gasteiger partial charge in [-0.25, -0.2) is 4.39 Å². The summed E-state index contributed by atoms with van der Waals surface area (Å²) in [4.78, 5) is 11.0. The third-order valence-corrected chi connectivity index (χ3v) is 3.96. The zero-order valence-electron chi connectivity index (χ0n) is 9.91. The first-order valence-corrected chi connectivity index (χ1v) is 6.52. The number of carbonyl (C=O) groups excluding carboxylic acids is 1. The normalized spacial score (nSPS) is 10.3. The Labute approximate surface area is 123 Å². The van der Waals surface area contributed by atoms with Gasteiger partial charge in [0, 0.05) is 10.0 Å². The number of benzene rings is 2. The van der Waals surface area contributed by atoms with E-state index in [9.17, 15) is 9.18 Å². The number of hydrogen-bond donors (Lipinski definition) is 0. The molecule has 0 aromatic heterocycles. The molecule has 0 aliphatic heterocycles. The fourth-order valence-corrected chi connectivity index (χ4v) is 2.21. The van der Waals surface area contributed by atoms with E-state index in [-0.39, 0.29) is 5.02 Å². The topological polar surface area (TPSA) is 26.3 Å². The summed E-state index contributed by atoms with van der Waals surface area (Å²) in [6.45, 7) is 0. The van der Waals surface area contributed by atoms with Crippen molar-refractivity contribution in [3.63, 3.8) is 0 Å². The van der Waals surface area contributed by atoms with Crippen LogP contribution in [0, 0.1) is 5.82 Å². The van der Waals surface area contributed by atoms with E-state index in [0.29, 0.717) is 33.2 Å². The Morgan fingerprint density at radius 1 is 1.32 bits per heavy atom. The van der Waals surface area contributed by atoms with Crippen LogP contribution in [0.3, 0.4) is 0 Å². The quantitative estimate of drug-likeness (QED) is 0.595. The molecule has 0 bridgehead atoms. The third-order valence-electron chi connectivity index (χ3n) is 2.70. The molecule has 5 heteroatoms. The monoisotopic (exact) mass is 342 g/mol. The minimum absolute atomic E-state index is 0.0148. The lowest BCUT2D eigenvalue weighted by molar-refractivity contribution is 0.112. The van der Waals surface area contributed by atoms with Crippen molar-refractivity contribution in [2.24, 2.45) is 0 Å². The minimum atomic E-state index is -0.530. The zero-order chi connectivity index (χ0) is 14.0. The first-order valence-electron chi connectivity index (χ1n) is 5.35. The highest BCUT2D eigenvalue weighted by Gasteiger charge is 2.13. The molecule has 0 saturated heterocycles. The van der Waals surface area contributed by atoms with Crippen LogP contribution in [-0.4, -0.2) is 13.4 Å². The fourth-order valence-electron chi connectivity index (χ4n) is 1.74. The number of hydrogen-bond acceptors (Lipinski definition) is 2. The van der Waals surface area contributed by atoms with E-state index in [2.05, 4.69) is 15.9 Å². The Balaban J connectivity index is 2.60. The third kappa shape index (κ3) is 2.65. The Hall–Kier alpha value is -1.39.